The van der Waals surface area contributed by atoms with Crippen molar-refractivity contribution in [2.45, 2.75) is 44.1 Å². The van der Waals surface area contributed by atoms with E-state index in [2.05, 4.69) is 20.8 Å². The second kappa shape index (κ2) is 6.36. The van der Waals surface area contributed by atoms with E-state index in [4.69, 9.17) is 9.63 Å². The first-order valence-corrected chi connectivity index (χ1v) is 6.63. The molecule has 0 radical (unpaired) electrons. The first kappa shape index (κ1) is 14.3. The number of carbonyl (C=O) groups is 2. The van der Waals surface area contributed by atoms with Crippen molar-refractivity contribution in [1.29, 1.82) is 0 Å². The Labute approximate surface area is 115 Å². The van der Waals surface area contributed by atoms with Gasteiger partial charge in [0.25, 0.3) is 0 Å². The average Bonchev–Trinajstić information content (AvgIpc) is 3.00. The molecule has 0 spiro atoms. The first-order valence-electron chi connectivity index (χ1n) is 6.63. The molecule has 110 valence electrons. The Hall–Kier alpha value is -2.12. The molecule has 1 saturated carbocycles. The molecular weight excluding hydrogens is 264 g/mol. The van der Waals surface area contributed by atoms with Crippen LogP contribution in [0.2, 0.25) is 0 Å². The number of carboxylic acids is 1. The maximum atomic E-state index is 11.8. The Morgan fingerprint density at radius 3 is 2.75 bits per heavy atom. The molecular formula is C12H18N4O4. The molecule has 0 aliphatic heterocycles. The van der Waals surface area contributed by atoms with E-state index in [9.17, 15) is 9.59 Å². The standard InChI is InChI=1S/C12H18N4O4/c17-10(18)7-12(4-1-2-5-12)16-11(19)13-6-3-9-14-8-15-20-9/h8H,1-7H2,(H,17,18)(H2,13,16,19). The predicted molar refractivity (Wildman–Crippen MR) is 68.0 cm³/mol. The number of urea groups is 1. The van der Waals surface area contributed by atoms with E-state index in [1.54, 1.807) is 0 Å². The average molecular weight is 282 g/mol. The maximum absolute atomic E-state index is 11.8. The second-order valence-corrected chi connectivity index (χ2v) is 5.02. The van der Waals surface area contributed by atoms with E-state index in [1.807, 2.05) is 0 Å². The summed E-state index contributed by atoms with van der Waals surface area (Å²) in [5.74, 6) is -0.440. The van der Waals surface area contributed by atoms with Crippen LogP contribution in [0.5, 0.6) is 0 Å². The van der Waals surface area contributed by atoms with Gasteiger partial charge in [0.1, 0.15) is 0 Å². The molecule has 8 heteroatoms. The van der Waals surface area contributed by atoms with E-state index in [0.29, 0.717) is 31.7 Å². The van der Waals surface area contributed by atoms with Gasteiger partial charge in [0.05, 0.1) is 12.0 Å². The molecule has 2 amide bonds. The zero-order valence-electron chi connectivity index (χ0n) is 11.1. The number of amides is 2. The van der Waals surface area contributed by atoms with Gasteiger partial charge in [0.2, 0.25) is 5.89 Å². The highest BCUT2D eigenvalue weighted by atomic mass is 16.5. The molecule has 20 heavy (non-hydrogen) atoms. The van der Waals surface area contributed by atoms with Gasteiger partial charge in [0.15, 0.2) is 6.33 Å². The molecule has 1 fully saturated rings. The van der Waals surface area contributed by atoms with Gasteiger partial charge in [-0.1, -0.05) is 18.0 Å². The molecule has 1 aromatic heterocycles. The fourth-order valence-corrected chi connectivity index (χ4v) is 2.56. The zero-order valence-corrected chi connectivity index (χ0v) is 11.1. The lowest BCUT2D eigenvalue weighted by Crippen LogP contribution is -2.51. The number of hydrogen-bond donors (Lipinski definition) is 3. The summed E-state index contributed by atoms with van der Waals surface area (Å²) in [4.78, 5) is 26.6. The van der Waals surface area contributed by atoms with E-state index in [-0.39, 0.29) is 12.5 Å². The van der Waals surface area contributed by atoms with Crippen molar-refractivity contribution in [3.05, 3.63) is 12.2 Å². The lowest BCUT2D eigenvalue weighted by Gasteiger charge is -2.28. The van der Waals surface area contributed by atoms with Crippen LogP contribution < -0.4 is 10.6 Å². The SMILES string of the molecule is O=C(O)CC1(NC(=O)NCCc2ncno2)CCCC1. The number of rotatable bonds is 6. The van der Waals surface area contributed by atoms with Gasteiger partial charge in [-0.05, 0) is 12.8 Å². The molecule has 2 rings (SSSR count). The van der Waals surface area contributed by atoms with E-state index in [0.717, 1.165) is 12.8 Å². The number of carbonyl (C=O) groups excluding carboxylic acids is 1. The molecule has 1 aliphatic rings. The van der Waals surface area contributed by atoms with Crippen LogP contribution in [0, 0.1) is 0 Å². The van der Waals surface area contributed by atoms with Crippen LogP contribution in [0.4, 0.5) is 4.79 Å². The summed E-state index contributed by atoms with van der Waals surface area (Å²) in [6.45, 7) is 0.358. The second-order valence-electron chi connectivity index (χ2n) is 5.02. The van der Waals surface area contributed by atoms with Gasteiger partial charge in [0, 0.05) is 13.0 Å². The van der Waals surface area contributed by atoms with Gasteiger partial charge in [-0.3, -0.25) is 4.79 Å². The lowest BCUT2D eigenvalue weighted by molar-refractivity contribution is -0.138. The Morgan fingerprint density at radius 2 is 2.15 bits per heavy atom. The number of carboxylic acid groups (broad SMARTS) is 1. The molecule has 8 nitrogen and oxygen atoms in total. The van der Waals surface area contributed by atoms with Crippen molar-refractivity contribution in [3.8, 4) is 0 Å². The summed E-state index contributed by atoms with van der Waals surface area (Å²) in [5.41, 5.74) is -0.611. The van der Waals surface area contributed by atoms with E-state index < -0.39 is 11.5 Å². The topological polar surface area (TPSA) is 117 Å². The first-order chi connectivity index (χ1) is 9.60. The quantitative estimate of drug-likeness (QED) is 0.707. The monoisotopic (exact) mass is 282 g/mol. The Balaban J connectivity index is 1.78. The third-order valence-corrected chi connectivity index (χ3v) is 3.46. The van der Waals surface area contributed by atoms with Crippen molar-refractivity contribution in [3.63, 3.8) is 0 Å². The van der Waals surface area contributed by atoms with E-state index >= 15 is 0 Å². The van der Waals surface area contributed by atoms with Gasteiger partial charge < -0.3 is 20.3 Å². The minimum Gasteiger partial charge on any atom is -0.481 e. The van der Waals surface area contributed by atoms with Crippen LogP contribution in [0.15, 0.2) is 10.9 Å². The molecule has 3 N–H and O–H groups in total. The smallest absolute Gasteiger partial charge is 0.315 e. The maximum Gasteiger partial charge on any atom is 0.315 e. The van der Waals surface area contributed by atoms with Gasteiger partial charge >= 0.3 is 12.0 Å². The minimum absolute atomic E-state index is 0.0376. The summed E-state index contributed by atoms with van der Waals surface area (Å²) in [6.07, 6.45) is 5.00. The molecule has 1 aliphatic carbocycles. The van der Waals surface area contributed by atoms with Crippen LogP contribution >= 0.6 is 0 Å². The third-order valence-electron chi connectivity index (χ3n) is 3.46. The van der Waals surface area contributed by atoms with Crippen LogP contribution in [-0.4, -0.2) is 39.3 Å². The Morgan fingerprint density at radius 1 is 1.40 bits per heavy atom. The van der Waals surface area contributed by atoms with Crippen LogP contribution in [0.3, 0.4) is 0 Å². The summed E-state index contributed by atoms with van der Waals surface area (Å²) in [7, 11) is 0. The fraction of sp³-hybridized carbons (Fsp3) is 0.667. The number of nitrogens with zero attached hydrogens (tertiary/aromatic N) is 2. The van der Waals surface area contributed by atoms with Gasteiger partial charge in [-0.25, -0.2) is 4.79 Å². The van der Waals surface area contributed by atoms with Crippen LogP contribution in [0.25, 0.3) is 0 Å². The van der Waals surface area contributed by atoms with Crippen molar-refractivity contribution in [2.24, 2.45) is 0 Å². The Bertz CT molecular complexity index is 454. The van der Waals surface area contributed by atoms with Crippen molar-refractivity contribution in [2.75, 3.05) is 6.54 Å². The number of aliphatic carboxylic acids is 1. The van der Waals surface area contributed by atoms with Crippen molar-refractivity contribution in [1.82, 2.24) is 20.8 Å². The van der Waals surface area contributed by atoms with Gasteiger partial charge in [-0.15, -0.1) is 0 Å². The van der Waals surface area contributed by atoms with Crippen LogP contribution in [0.1, 0.15) is 38.0 Å². The van der Waals surface area contributed by atoms with E-state index in [1.165, 1.54) is 6.33 Å². The summed E-state index contributed by atoms with van der Waals surface area (Å²) in [5, 5.41) is 17.9. The summed E-state index contributed by atoms with van der Waals surface area (Å²) in [6, 6.07) is -0.354. The number of aromatic nitrogens is 2. The Kier molecular flexibility index (Phi) is 4.54. The van der Waals surface area contributed by atoms with Crippen LogP contribution in [-0.2, 0) is 11.2 Å². The molecule has 1 aromatic rings. The zero-order chi connectivity index (χ0) is 14.4. The molecule has 0 atom stereocenters. The summed E-state index contributed by atoms with van der Waals surface area (Å²) >= 11 is 0. The minimum atomic E-state index is -0.891. The summed E-state index contributed by atoms with van der Waals surface area (Å²) < 4.78 is 4.81. The third kappa shape index (κ3) is 3.94. The number of hydrogen-bond acceptors (Lipinski definition) is 5. The predicted octanol–water partition coefficient (Wildman–Crippen LogP) is 0.699. The molecule has 0 unspecified atom stereocenters. The van der Waals surface area contributed by atoms with Crippen molar-refractivity contribution < 1.29 is 19.2 Å². The molecule has 0 bridgehead atoms. The highest BCUT2D eigenvalue weighted by molar-refractivity contribution is 5.76. The molecule has 0 saturated heterocycles. The van der Waals surface area contributed by atoms with Crippen molar-refractivity contribution >= 4 is 12.0 Å². The highest BCUT2D eigenvalue weighted by Crippen LogP contribution is 2.32. The molecule has 0 aromatic carbocycles. The van der Waals surface area contributed by atoms with Gasteiger partial charge in [-0.2, -0.15) is 4.98 Å². The normalized spacial score (nSPS) is 16.8. The lowest BCUT2D eigenvalue weighted by atomic mass is 9.93. The fourth-order valence-electron chi connectivity index (χ4n) is 2.56. The number of nitrogens with one attached hydrogen (secondary N) is 2. The largest absolute Gasteiger partial charge is 0.481 e. The highest BCUT2D eigenvalue weighted by Gasteiger charge is 2.37. The molecule has 1 heterocycles.